The Labute approximate surface area is 95.2 Å². The molecule has 0 fully saturated rings. The number of benzene rings is 1. The van der Waals surface area contributed by atoms with Crippen LogP contribution in [0.1, 0.15) is 19.4 Å². The van der Waals surface area contributed by atoms with E-state index in [1.54, 1.807) is 31.2 Å². The fraction of sp³-hybridized carbons (Fsp3) is 0.417. The minimum atomic E-state index is -0.470. The molecule has 1 unspecified atom stereocenters. The Balaban J connectivity index is 2.61. The highest BCUT2D eigenvalue weighted by Gasteiger charge is 2.12. The van der Waals surface area contributed by atoms with Crippen molar-refractivity contribution in [3.05, 3.63) is 29.8 Å². The Morgan fingerprint density at radius 2 is 2.31 bits per heavy atom. The molecule has 1 atom stereocenters. The van der Waals surface area contributed by atoms with Crippen molar-refractivity contribution in [1.29, 1.82) is 0 Å². The molecule has 4 heteroatoms. The first-order valence-electron chi connectivity index (χ1n) is 5.29. The summed E-state index contributed by atoms with van der Waals surface area (Å²) in [6.07, 6.45) is -0.470. The Hall–Kier alpha value is -1.39. The number of ether oxygens (including phenoxy) is 1. The predicted molar refractivity (Wildman–Crippen MR) is 62.1 cm³/mol. The Morgan fingerprint density at radius 1 is 1.56 bits per heavy atom. The van der Waals surface area contributed by atoms with Crippen LogP contribution in [0.3, 0.4) is 0 Å². The maximum Gasteiger partial charge on any atom is 0.253 e. The van der Waals surface area contributed by atoms with Gasteiger partial charge in [-0.1, -0.05) is 12.1 Å². The molecule has 88 valence electrons. The molecule has 0 radical (unpaired) electrons. The number of hydrogen-bond acceptors (Lipinski definition) is 3. The number of carbonyl (C=O) groups is 1. The lowest BCUT2D eigenvalue weighted by atomic mass is 10.2. The Morgan fingerprint density at radius 3 is 2.94 bits per heavy atom. The minimum absolute atomic E-state index is 0.0370. The van der Waals surface area contributed by atoms with Crippen LogP contribution in [0.15, 0.2) is 24.3 Å². The molecule has 0 saturated heterocycles. The van der Waals surface area contributed by atoms with Crippen molar-refractivity contribution in [3.8, 4) is 0 Å². The number of nitrogens with one attached hydrogen (secondary N) is 1. The van der Waals surface area contributed by atoms with Gasteiger partial charge in [0.1, 0.15) is 6.10 Å². The van der Waals surface area contributed by atoms with E-state index in [0.717, 1.165) is 5.56 Å². The van der Waals surface area contributed by atoms with Crippen molar-refractivity contribution < 1.29 is 14.6 Å². The second-order valence-corrected chi connectivity index (χ2v) is 3.45. The zero-order valence-corrected chi connectivity index (χ0v) is 9.56. The molecule has 2 N–H and O–H groups in total. The van der Waals surface area contributed by atoms with Crippen LogP contribution < -0.4 is 5.32 Å². The van der Waals surface area contributed by atoms with Gasteiger partial charge in [-0.3, -0.25) is 4.79 Å². The zero-order valence-electron chi connectivity index (χ0n) is 9.56. The van der Waals surface area contributed by atoms with Crippen molar-refractivity contribution in [3.63, 3.8) is 0 Å². The summed E-state index contributed by atoms with van der Waals surface area (Å²) >= 11 is 0. The summed E-state index contributed by atoms with van der Waals surface area (Å²) < 4.78 is 5.17. The minimum Gasteiger partial charge on any atom is -0.392 e. The molecule has 0 aliphatic rings. The first kappa shape index (κ1) is 12.7. The summed E-state index contributed by atoms with van der Waals surface area (Å²) in [5.74, 6) is -0.183. The summed E-state index contributed by atoms with van der Waals surface area (Å²) in [5.41, 5.74) is 1.44. The van der Waals surface area contributed by atoms with Crippen LogP contribution in [0, 0.1) is 0 Å². The van der Waals surface area contributed by atoms with Crippen LogP contribution in [-0.4, -0.2) is 23.7 Å². The smallest absolute Gasteiger partial charge is 0.253 e. The van der Waals surface area contributed by atoms with Gasteiger partial charge in [-0.2, -0.15) is 0 Å². The maximum atomic E-state index is 11.6. The molecule has 1 aromatic rings. The van der Waals surface area contributed by atoms with Crippen LogP contribution >= 0.6 is 0 Å². The van der Waals surface area contributed by atoms with E-state index in [0.29, 0.717) is 12.3 Å². The SMILES string of the molecule is CCOC(C)C(=O)Nc1cccc(CO)c1. The van der Waals surface area contributed by atoms with E-state index in [9.17, 15) is 4.79 Å². The molecule has 0 aliphatic heterocycles. The van der Waals surface area contributed by atoms with E-state index in [-0.39, 0.29) is 12.5 Å². The average molecular weight is 223 g/mol. The standard InChI is InChI=1S/C12H17NO3/c1-3-16-9(2)12(15)13-11-6-4-5-10(7-11)8-14/h4-7,9,14H,3,8H2,1-2H3,(H,13,15). The summed E-state index contributed by atoms with van der Waals surface area (Å²) in [6, 6.07) is 7.08. The van der Waals surface area contributed by atoms with Gasteiger partial charge in [0.2, 0.25) is 0 Å². The van der Waals surface area contributed by atoms with Crippen LogP contribution in [0.4, 0.5) is 5.69 Å². The number of carbonyl (C=O) groups excluding carboxylic acids is 1. The zero-order chi connectivity index (χ0) is 12.0. The highest BCUT2D eigenvalue weighted by atomic mass is 16.5. The van der Waals surface area contributed by atoms with Crippen molar-refractivity contribution in [2.24, 2.45) is 0 Å². The quantitative estimate of drug-likeness (QED) is 0.796. The number of hydrogen-bond donors (Lipinski definition) is 2. The van der Waals surface area contributed by atoms with Gasteiger partial charge in [0.25, 0.3) is 5.91 Å². The molecule has 0 spiro atoms. The largest absolute Gasteiger partial charge is 0.392 e. The highest BCUT2D eigenvalue weighted by Crippen LogP contribution is 2.11. The van der Waals surface area contributed by atoms with Gasteiger partial charge in [0.05, 0.1) is 6.61 Å². The van der Waals surface area contributed by atoms with Gasteiger partial charge in [0.15, 0.2) is 0 Å². The van der Waals surface area contributed by atoms with E-state index >= 15 is 0 Å². The normalized spacial score (nSPS) is 12.2. The van der Waals surface area contributed by atoms with E-state index in [2.05, 4.69) is 5.32 Å². The molecular formula is C12H17NO3. The second-order valence-electron chi connectivity index (χ2n) is 3.45. The monoisotopic (exact) mass is 223 g/mol. The summed E-state index contributed by atoms with van der Waals surface area (Å²) in [7, 11) is 0. The van der Waals surface area contributed by atoms with Gasteiger partial charge in [-0.25, -0.2) is 0 Å². The number of rotatable bonds is 5. The lowest BCUT2D eigenvalue weighted by Crippen LogP contribution is -2.27. The van der Waals surface area contributed by atoms with E-state index in [1.807, 2.05) is 6.92 Å². The maximum absolute atomic E-state index is 11.6. The van der Waals surface area contributed by atoms with Gasteiger partial charge in [0, 0.05) is 12.3 Å². The van der Waals surface area contributed by atoms with Gasteiger partial charge in [-0.15, -0.1) is 0 Å². The fourth-order valence-electron chi connectivity index (χ4n) is 1.32. The fourth-order valence-corrected chi connectivity index (χ4v) is 1.32. The summed E-state index contributed by atoms with van der Waals surface area (Å²) in [5, 5.41) is 11.7. The van der Waals surface area contributed by atoms with Gasteiger partial charge in [-0.05, 0) is 31.5 Å². The lowest BCUT2D eigenvalue weighted by Gasteiger charge is -2.12. The molecule has 0 heterocycles. The number of aliphatic hydroxyl groups is 1. The van der Waals surface area contributed by atoms with Crippen molar-refractivity contribution in [1.82, 2.24) is 0 Å². The Bertz CT molecular complexity index is 352. The highest BCUT2D eigenvalue weighted by molar-refractivity contribution is 5.93. The average Bonchev–Trinajstić information content (AvgIpc) is 2.29. The van der Waals surface area contributed by atoms with Gasteiger partial charge < -0.3 is 15.2 Å². The van der Waals surface area contributed by atoms with Crippen molar-refractivity contribution >= 4 is 11.6 Å². The topological polar surface area (TPSA) is 58.6 Å². The van der Waals surface area contributed by atoms with Crippen molar-refractivity contribution in [2.45, 2.75) is 26.6 Å². The van der Waals surface area contributed by atoms with Crippen LogP contribution in [0.5, 0.6) is 0 Å². The molecule has 0 aliphatic carbocycles. The third-order valence-electron chi connectivity index (χ3n) is 2.16. The Kier molecular flexibility index (Phi) is 4.95. The number of anilines is 1. The molecule has 0 aromatic heterocycles. The third-order valence-corrected chi connectivity index (χ3v) is 2.16. The van der Waals surface area contributed by atoms with E-state index in [4.69, 9.17) is 9.84 Å². The molecule has 0 bridgehead atoms. The van der Waals surface area contributed by atoms with Crippen LogP contribution in [-0.2, 0) is 16.1 Å². The number of amides is 1. The molecule has 16 heavy (non-hydrogen) atoms. The molecular weight excluding hydrogens is 206 g/mol. The summed E-state index contributed by atoms with van der Waals surface area (Å²) in [6.45, 7) is 4.01. The predicted octanol–water partition coefficient (Wildman–Crippen LogP) is 1.54. The molecule has 1 aromatic carbocycles. The first-order chi connectivity index (χ1) is 7.67. The molecule has 0 saturated carbocycles. The molecule has 4 nitrogen and oxygen atoms in total. The first-order valence-corrected chi connectivity index (χ1v) is 5.29. The second kappa shape index (κ2) is 6.25. The third kappa shape index (κ3) is 3.64. The summed E-state index contributed by atoms with van der Waals surface area (Å²) in [4.78, 5) is 11.6. The van der Waals surface area contributed by atoms with Gasteiger partial charge >= 0.3 is 0 Å². The molecule has 1 amide bonds. The van der Waals surface area contributed by atoms with Crippen LogP contribution in [0.2, 0.25) is 0 Å². The van der Waals surface area contributed by atoms with Crippen LogP contribution in [0.25, 0.3) is 0 Å². The van der Waals surface area contributed by atoms with E-state index < -0.39 is 6.10 Å². The number of aliphatic hydroxyl groups excluding tert-OH is 1. The van der Waals surface area contributed by atoms with Crippen molar-refractivity contribution in [2.75, 3.05) is 11.9 Å². The molecule has 1 rings (SSSR count). The van der Waals surface area contributed by atoms with E-state index in [1.165, 1.54) is 0 Å². The lowest BCUT2D eigenvalue weighted by molar-refractivity contribution is -0.126.